The van der Waals surface area contributed by atoms with E-state index in [1.54, 1.807) is 12.1 Å². The van der Waals surface area contributed by atoms with Crippen molar-refractivity contribution in [1.29, 1.82) is 0 Å². The van der Waals surface area contributed by atoms with Crippen molar-refractivity contribution < 1.29 is 4.39 Å². The first kappa shape index (κ1) is 10.8. The first-order valence-corrected chi connectivity index (χ1v) is 5.30. The Morgan fingerprint density at radius 2 is 1.81 bits per heavy atom. The number of rotatable bonds is 3. The largest absolute Gasteiger partial charge is 0.256 e. The summed E-state index contributed by atoms with van der Waals surface area (Å²) in [5.74, 6) is -0.225. The molecule has 81 valence electrons. The van der Waals surface area contributed by atoms with Crippen LogP contribution >= 0.6 is 0 Å². The van der Waals surface area contributed by atoms with Crippen molar-refractivity contribution in [3.05, 3.63) is 60.9 Å². The average molecular weight is 214 g/mol. The van der Waals surface area contributed by atoms with E-state index in [2.05, 4.69) is 11.9 Å². The molecule has 0 N–H and O–H groups in total. The molecule has 1 radical (unpaired) electrons. The molecule has 0 bridgehead atoms. The minimum absolute atomic E-state index is 0.225. The lowest BCUT2D eigenvalue weighted by molar-refractivity contribution is 0.628. The Balaban J connectivity index is 2.24. The molecule has 0 fully saturated rings. The molecule has 1 nitrogen and oxygen atoms in total. The first-order chi connectivity index (χ1) is 7.79. The molecule has 0 amide bonds. The Kier molecular flexibility index (Phi) is 3.30. The second kappa shape index (κ2) is 4.88. The highest BCUT2D eigenvalue weighted by atomic mass is 19.1. The molecule has 0 saturated carbocycles. The predicted octanol–water partition coefficient (Wildman–Crippen LogP) is 3.65. The molecule has 0 atom stereocenters. The van der Waals surface area contributed by atoms with Gasteiger partial charge in [-0.05, 0) is 48.7 Å². The van der Waals surface area contributed by atoms with Gasteiger partial charge in [0.1, 0.15) is 5.82 Å². The third kappa shape index (κ3) is 2.45. The van der Waals surface area contributed by atoms with Crippen LogP contribution in [-0.4, -0.2) is 4.98 Å². The van der Waals surface area contributed by atoms with Gasteiger partial charge in [-0.15, -0.1) is 0 Å². The van der Waals surface area contributed by atoms with Gasteiger partial charge in [-0.1, -0.05) is 13.0 Å². The number of halogens is 1. The summed E-state index contributed by atoms with van der Waals surface area (Å²) in [5.41, 5.74) is 2.98. The highest BCUT2D eigenvalue weighted by Crippen LogP contribution is 2.17. The van der Waals surface area contributed by atoms with Crippen molar-refractivity contribution in [2.75, 3.05) is 0 Å². The van der Waals surface area contributed by atoms with Gasteiger partial charge in [0.25, 0.3) is 0 Å². The van der Waals surface area contributed by atoms with Crippen LogP contribution in [0.5, 0.6) is 0 Å². The molecule has 2 rings (SSSR count). The zero-order valence-corrected chi connectivity index (χ0v) is 8.99. The van der Waals surface area contributed by atoms with Crippen LogP contribution in [0.1, 0.15) is 12.0 Å². The molecule has 1 aromatic heterocycles. The summed E-state index contributed by atoms with van der Waals surface area (Å²) < 4.78 is 12.7. The second-order valence-corrected chi connectivity index (χ2v) is 3.66. The van der Waals surface area contributed by atoms with Crippen molar-refractivity contribution in [3.8, 4) is 11.3 Å². The standard InChI is InChI=1S/C14H13FN/c1-2-3-11-4-9-14(16-10-11)12-5-7-13(15)8-6-12/h4-10H,1-3H2. The maximum atomic E-state index is 12.7. The zero-order chi connectivity index (χ0) is 11.4. The van der Waals surface area contributed by atoms with Crippen LogP contribution in [0.2, 0.25) is 0 Å². The van der Waals surface area contributed by atoms with E-state index in [-0.39, 0.29) is 5.82 Å². The van der Waals surface area contributed by atoms with Crippen LogP contribution in [0.3, 0.4) is 0 Å². The number of hydrogen-bond donors (Lipinski definition) is 0. The van der Waals surface area contributed by atoms with Gasteiger partial charge in [-0.3, -0.25) is 4.98 Å². The molecule has 0 aliphatic rings. The monoisotopic (exact) mass is 214 g/mol. The van der Waals surface area contributed by atoms with Crippen LogP contribution in [0.15, 0.2) is 42.6 Å². The van der Waals surface area contributed by atoms with Crippen LogP contribution < -0.4 is 0 Å². The number of pyridine rings is 1. The van der Waals surface area contributed by atoms with Gasteiger partial charge in [0.15, 0.2) is 0 Å². The van der Waals surface area contributed by atoms with E-state index < -0.39 is 0 Å². The molecular formula is C14H13FN. The molecule has 0 aliphatic heterocycles. The molecule has 2 heteroatoms. The molecule has 2 aromatic rings. The van der Waals surface area contributed by atoms with Crippen molar-refractivity contribution >= 4 is 0 Å². The van der Waals surface area contributed by atoms with E-state index in [0.29, 0.717) is 0 Å². The second-order valence-electron chi connectivity index (χ2n) is 3.66. The van der Waals surface area contributed by atoms with Gasteiger partial charge in [-0.25, -0.2) is 4.39 Å². The molecule has 1 heterocycles. The highest BCUT2D eigenvalue weighted by Gasteiger charge is 1.99. The van der Waals surface area contributed by atoms with E-state index in [0.717, 1.165) is 24.1 Å². The lowest BCUT2D eigenvalue weighted by Crippen LogP contribution is -1.88. The summed E-state index contributed by atoms with van der Waals surface area (Å²) in [5, 5.41) is 0. The van der Waals surface area contributed by atoms with Gasteiger partial charge < -0.3 is 0 Å². The Bertz CT molecular complexity index is 445. The Labute approximate surface area is 95.0 Å². The number of hydrogen-bond acceptors (Lipinski definition) is 1. The minimum atomic E-state index is -0.225. The quantitative estimate of drug-likeness (QED) is 0.759. The van der Waals surface area contributed by atoms with Crippen LogP contribution in [-0.2, 0) is 6.42 Å². The Morgan fingerprint density at radius 3 is 2.38 bits per heavy atom. The SMILES string of the molecule is [CH2]CCc1ccc(-c2ccc(F)cc2)nc1. The fourth-order valence-electron chi connectivity index (χ4n) is 1.57. The Morgan fingerprint density at radius 1 is 1.06 bits per heavy atom. The number of nitrogens with zero attached hydrogens (tertiary/aromatic N) is 1. The molecule has 16 heavy (non-hydrogen) atoms. The predicted molar refractivity (Wildman–Crippen MR) is 63.3 cm³/mol. The Hall–Kier alpha value is -1.70. The fraction of sp³-hybridized carbons (Fsp3) is 0.143. The zero-order valence-electron chi connectivity index (χ0n) is 8.99. The number of aryl methyl sites for hydroxylation is 1. The molecular weight excluding hydrogens is 201 g/mol. The van der Waals surface area contributed by atoms with Crippen molar-refractivity contribution in [2.24, 2.45) is 0 Å². The van der Waals surface area contributed by atoms with Gasteiger partial charge in [0.2, 0.25) is 0 Å². The summed E-state index contributed by atoms with van der Waals surface area (Å²) >= 11 is 0. The van der Waals surface area contributed by atoms with Gasteiger partial charge >= 0.3 is 0 Å². The van der Waals surface area contributed by atoms with Crippen LogP contribution in [0.25, 0.3) is 11.3 Å². The van der Waals surface area contributed by atoms with Gasteiger partial charge in [0.05, 0.1) is 5.69 Å². The smallest absolute Gasteiger partial charge is 0.123 e. The highest BCUT2D eigenvalue weighted by molar-refractivity contribution is 5.58. The van der Waals surface area contributed by atoms with Crippen molar-refractivity contribution in [3.63, 3.8) is 0 Å². The molecule has 0 saturated heterocycles. The summed E-state index contributed by atoms with van der Waals surface area (Å²) in [4.78, 5) is 4.35. The van der Waals surface area contributed by atoms with E-state index in [1.165, 1.54) is 17.7 Å². The summed E-state index contributed by atoms with van der Waals surface area (Å²) in [6.07, 6.45) is 3.66. The summed E-state index contributed by atoms with van der Waals surface area (Å²) in [6, 6.07) is 10.4. The van der Waals surface area contributed by atoms with E-state index >= 15 is 0 Å². The summed E-state index contributed by atoms with van der Waals surface area (Å²) in [6.45, 7) is 3.80. The molecule has 0 spiro atoms. The number of aromatic nitrogens is 1. The normalized spacial score (nSPS) is 10.4. The third-order valence-corrected chi connectivity index (χ3v) is 2.43. The lowest BCUT2D eigenvalue weighted by atomic mass is 10.1. The molecule has 0 unspecified atom stereocenters. The minimum Gasteiger partial charge on any atom is -0.256 e. The molecule has 1 aromatic carbocycles. The maximum absolute atomic E-state index is 12.7. The van der Waals surface area contributed by atoms with Crippen molar-refractivity contribution in [1.82, 2.24) is 4.98 Å². The first-order valence-electron chi connectivity index (χ1n) is 5.30. The van der Waals surface area contributed by atoms with Gasteiger partial charge in [0, 0.05) is 11.8 Å². The van der Waals surface area contributed by atoms with E-state index in [4.69, 9.17) is 0 Å². The van der Waals surface area contributed by atoms with Crippen molar-refractivity contribution in [2.45, 2.75) is 12.8 Å². The average Bonchev–Trinajstić information content (AvgIpc) is 2.32. The van der Waals surface area contributed by atoms with E-state index in [1.807, 2.05) is 18.3 Å². The molecule has 0 aliphatic carbocycles. The van der Waals surface area contributed by atoms with E-state index in [9.17, 15) is 4.39 Å². The van der Waals surface area contributed by atoms with Gasteiger partial charge in [-0.2, -0.15) is 0 Å². The van der Waals surface area contributed by atoms with Crippen LogP contribution in [0.4, 0.5) is 4.39 Å². The third-order valence-electron chi connectivity index (χ3n) is 2.43. The fourth-order valence-corrected chi connectivity index (χ4v) is 1.57. The summed E-state index contributed by atoms with van der Waals surface area (Å²) in [7, 11) is 0. The number of benzene rings is 1. The lowest BCUT2D eigenvalue weighted by Gasteiger charge is -2.02. The topological polar surface area (TPSA) is 12.9 Å². The maximum Gasteiger partial charge on any atom is 0.123 e. The van der Waals surface area contributed by atoms with Crippen LogP contribution in [0, 0.1) is 12.7 Å².